The van der Waals surface area contributed by atoms with Crippen LogP contribution in [-0.4, -0.2) is 32.7 Å². The number of amides is 1. The van der Waals surface area contributed by atoms with Crippen LogP contribution in [0.2, 0.25) is 5.02 Å². The number of ether oxygens (including phenoxy) is 2. The molecule has 0 aliphatic rings. The number of rotatable bonds is 8. The number of nitrogens with two attached hydrogens (primary N) is 1. The van der Waals surface area contributed by atoms with Crippen LogP contribution in [0.4, 0.5) is 0 Å². The zero-order valence-electron chi connectivity index (χ0n) is 12.7. The Balaban J connectivity index is 2.88. The lowest BCUT2D eigenvalue weighted by molar-refractivity contribution is 0.0954. The van der Waals surface area contributed by atoms with Crippen molar-refractivity contribution in [2.24, 2.45) is 11.7 Å². The van der Waals surface area contributed by atoms with Crippen LogP contribution in [0.15, 0.2) is 12.1 Å². The van der Waals surface area contributed by atoms with Gasteiger partial charge in [0, 0.05) is 18.7 Å². The average Bonchev–Trinajstić information content (AvgIpc) is 2.45. The summed E-state index contributed by atoms with van der Waals surface area (Å²) in [5, 5.41) is 3.04. The smallest absolute Gasteiger partial charge is 0.251 e. The van der Waals surface area contributed by atoms with Crippen LogP contribution < -0.4 is 20.5 Å². The first-order valence-corrected chi connectivity index (χ1v) is 7.36. The third kappa shape index (κ3) is 5.44. The standard InChI is InChI=1S/C15H23ClN2O3/c1-10(2)4-7-21-14-12(16)8-11(9-13(14)20-3)15(19)18-6-5-17/h8-10H,4-7,17H2,1-3H3,(H,18,19). The lowest BCUT2D eigenvalue weighted by atomic mass is 10.1. The summed E-state index contributed by atoms with van der Waals surface area (Å²) in [5.41, 5.74) is 5.78. The molecular formula is C15H23ClN2O3. The van der Waals surface area contributed by atoms with Crippen LogP contribution in [0.3, 0.4) is 0 Å². The number of carbonyl (C=O) groups is 1. The Bertz CT molecular complexity index is 478. The van der Waals surface area contributed by atoms with Crippen LogP contribution in [-0.2, 0) is 0 Å². The van der Waals surface area contributed by atoms with Crippen LogP contribution in [0, 0.1) is 5.92 Å². The third-order valence-corrected chi connectivity index (χ3v) is 3.14. The third-order valence-electron chi connectivity index (χ3n) is 2.86. The zero-order valence-corrected chi connectivity index (χ0v) is 13.5. The number of hydrogen-bond acceptors (Lipinski definition) is 4. The van der Waals surface area contributed by atoms with Gasteiger partial charge in [0.25, 0.3) is 5.91 Å². The van der Waals surface area contributed by atoms with Gasteiger partial charge in [-0.05, 0) is 24.5 Å². The minimum Gasteiger partial charge on any atom is -0.493 e. The molecule has 0 bridgehead atoms. The molecule has 5 nitrogen and oxygen atoms in total. The molecule has 0 spiro atoms. The van der Waals surface area contributed by atoms with E-state index in [9.17, 15) is 4.79 Å². The summed E-state index contributed by atoms with van der Waals surface area (Å²) < 4.78 is 10.9. The molecule has 6 heteroatoms. The summed E-state index contributed by atoms with van der Waals surface area (Å²) in [6.07, 6.45) is 0.915. The first kappa shape index (κ1) is 17.6. The van der Waals surface area contributed by atoms with Crippen LogP contribution in [0.1, 0.15) is 30.6 Å². The molecule has 1 aromatic rings. The highest BCUT2D eigenvalue weighted by molar-refractivity contribution is 6.32. The Morgan fingerprint density at radius 2 is 2.14 bits per heavy atom. The first-order valence-electron chi connectivity index (χ1n) is 6.98. The van der Waals surface area contributed by atoms with Gasteiger partial charge in [-0.2, -0.15) is 0 Å². The lowest BCUT2D eigenvalue weighted by Gasteiger charge is -2.15. The van der Waals surface area contributed by atoms with E-state index in [1.807, 2.05) is 0 Å². The Labute approximate surface area is 130 Å². The largest absolute Gasteiger partial charge is 0.493 e. The number of methoxy groups -OCH3 is 1. The van der Waals surface area contributed by atoms with Crippen LogP contribution in [0.25, 0.3) is 0 Å². The van der Waals surface area contributed by atoms with Crippen molar-refractivity contribution in [1.82, 2.24) is 5.32 Å². The quantitative estimate of drug-likeness (QED) is 0.773. The molecule has 0 aromatic heterocycles. The van der Waals surface area contributed by atoms with Gasteiger partial charge in [0.05, 0.1) is 18.7 Å². The second kappa shape index (κ2) is 8.74. The van der Waals surface area contributed by atoms with Crippen molar-refractivity contribution < 1.29 is 14.3 Å². The molecule has 0 heterocycles. The summed E-state index contributed by atoms with van der Waals surface area (Å²) in [7, 11) is 1.52. The molecule has 1 rings (SSSR count). The van der Waals surface area contributed by atoms with Gasteiger partial charge in [-0.15, -0.1) is 0 Å². The molecule has 21 heavy (non-hydrogen) atoms. The summed E-state index contributed by atoms with van der Waals surface area (Å²) in [5.74, 6) is 1.21. The molecule has 0 fully saturated rings. The summed E-state index contributed by atoms with van der Waals surface area (Å²) in [4.78, 5) is 11.9. The van der Waals surface area contributed by atoms with Crippen molar-refractivity contribution in [2.45, 2.75) is 20.3 Å². The topological polar surface area (TPSA) is 73.6 Å². The van der Waals surface area contributed by atoms with E-state index in [0.29, 0.717) is 47.7 Å². The van der Waals surface area contributed by atoms with E-state index in [0.717, 1.165) is 6.42 Å². The summed E-state index contributed by atoms with van der Waals surface area (Å²) >= 11 is 6.20. The van der Waals surface area contributed by atoms with Gasteiger partial charge in [-0.25, -0.2) is 0 Å². The minimum atomic E-state index is -0.241. The van der Waals surface area contributed by atoms with E-state index >= 15 is 0 Å². The Kier molecular flexibility index (Phi) is 7.32. The number of hydrogen-bond donors (Lipinski definition) is 2. The molecule has 1 amide bonds. The van der Waals surface area contributed by atoms with Crippen molar-refractivity contribution >= 4 is 17.5 Å². The Morgan fingerprint density at radius 1 is 1.43 bits per heavy atom. The molecule has 0 saturated heterocycles. The minimum absolute atomic E-state index is 0.241. The molecule has 118 valence electrons. The van der Waals surface area contributed by atoms with Gasteiger partial charge >= 0.3 is 0 Å². The fraction of sp³-hybridized carbons (Fsp3) is 0.533. The maximum atomic E-state index is 11.9. The Hall–Kier alpha value is -1.46. The molecule has 0 atom stereocenters. The van der Waals surface area contributed by atoms with E-state index in [1.54, 1.807) is 12.1 Å². The van der Waals surface area contributed by atoms with Crippen molar-refractivity contribution in [3.8, 4) is 11.5 Å². The maximum Gasteiger partial charge on any atom is 0.251 e. The molecule has 0 aliphatic carbocycles. The molecule has 0 unspecified atom stereocenters. The van der Waals surface area contributed by atoms with E-state index in [-0.39, 0.29) is 5.91 Å². The number of carbonyl (C=O) groups excluding carboxylic acids is 1. The van der Waals surface area contributed by atoms with Gasteiger partial charge < -0.3 is 20.5 Å². The van der Waals surface area contributed by atoms with Gasteiger partial charge in [-0.3, -0.25) is 4.79 Å². The average molecular weight is 315 g/mol. The van der Waals surface area contributed by atoms with Crippen LogP contribution in [0.5, 0.6) is 11.5 Å². The predicted molar refractivity (Wildman–Crippen MR) is 84.3 cm³/mol. The highest BCUT2D eigenvalue weighted by atomic mass is 35.5. The fourth-order valence-corrected chi connectivity index (χ4v) is 1.94. The number of benzene rings is 1. The maximum absolute atomic E-state index is 11.9. The van der Waals surface area contributed by atoms with Gasteiger partial charge in [0.15, 0.2) is 11.5 Å². The highest BCUT2D eigenvalue weighted by Gasteiger charge is 2.15. The predicted octanol–water partition coefficient (Wildman–Crippen LogP) is 2.46. The molecule has 1 aromatic carbocycles. The second-order valence-electron chi connectivity index (χ2n) is 5.07. The van der Waals surface area contributed by atoms with Gasteiger partial charge in [0.2, 0.25) is 0 Å². The molecular weight excluding hydrogens is 292 g/mol. The van der Waals surface area contributed by atoms with Crippen LogP contribution >= 0.6 is 11.6 Å². The Morgan fingerprint density at radius 3 is 2.71 bits per heavy atom. The highest BCUT2D eigenvalue weighted by Crippen LogP contribution is 2.36. The SMILES string of the molecule is COc1cc(C(=O)NCCN)cc(Cl)c1OCCC(C)C. The van der Waals surface area contributed by atoms with Crippen molar-refractivity contribution in [3.63, 3.8) is 0 Å². The van der Waals surface area contributed by atoms with Crippen molar-refractivity contribution in [2.75, 3.05) is 26.8 Å². The second-order valence-corrected chi connectivity index (χ2v) is 5.47. The molecule has 3 N–H and O–H groups in total. The number of halogens is 1. The first-order chi connectivity index (χ1) is 9.99. The normalized spacial score (nSPS) is 10.6. The molecule has 0 aliphatic heterocycles. The summed E-state index contributed by atoms with van der Waals surface area (Å²) in [6.45, 7) is 5.57. The zero-order chi connectivity index (χ0) is 15.8. The number of nitrogens with one attached hydrogen (secondary N) is 1. The summed E-state index contributed by atoms with van der Waals surface area (Å²) in [6, 6.07) is 3.18. The van der Waals surface area contributed by atoms with E-state index in [1.165, 1.54) is 7.11 Å². The molecule has 0 saturated carbocycles. The van der Waals surface area contributed by atoms with Crippen molar-refractivity contribution in [3.05, 3.63) is 22.7 Å². The monoisotopic (exact) mass is 314 g/mol. The van der Waals surface area contributed by atoms with E-state index < -0.39 is 0 Å². The van der Waals surface area contributed by atoms with Crippen molar-refractivity contribution in [1.29, 1.82) is 0 Å². The van der Waals surface area contributed by atoms with Gasteiger partial charge in [-0.1, -0.05) is 25.4 Å². The van der Waals surface area contributed by atoms with E-state index in [2.05, 4.69) is 19.2 Å². The lowest BCUT2D eigenvalue weighted by Crippen LogP contribution is -2.29. The van der Waals surface area contributed by atoms with Gasteiger partial charge in [0.1, 0.15) is 0 Å². The fourth-order valence-electron chi connectivity index (χ4n) is 1.68. The molecule has 0 radical (unpaired) electrons. The van der Waals surface area contributed by atoms with E-state index in [4.69, 9.17) is 26.8 Å².